The molecule has 5 unspecified atom stereocenters. The van der Waals surface area contributed by atoms with Crippen molar-refractivity contribution in [3.05, 3.63) is 24.3 Å². The quantitative estimate of drug-likeness (QED) is 0.718. The van der Waals surface area contributed by atoms with Gasteiger partial charge in [0.15, 0.2) is 0 Å². The second-order valence-electron chi connectivity index (χ2n) is 7.97. The third-order valence-corrected chi connectivity index (χ3v) is 7.25. The Morgan fingerprint density at radius 1 is 1.25 bits per heavy atom. The van der Waals surface area contributed by atoms with E-state index in [1.807, 2.05) is 31.2 Å². The molecule has 8 heteroatoms. The summed E-state index contributed by atoms with van der Waals surface area (Å²) in [6, 6.07) is 7.72. The van der Waals surface area contributed by atoms with Gasteiger partial charge in [-0.05, 0) is 85.6 Å². The minimum absolute atomic E-state index is 0.0459. The number of nitrogens with zero attached hydrogens (tertiary/aromatic N) is 4. The Bertz CT molecular complexity index is 824. The lowest BCUT2D eigenvalue weighted by molar-refractivity contribution is -0.121. The maximum atomic E-state index is 12.7. The summed E-state index contributed by atoms with van der Waals surface area (Å²) in [5, 5.41) is 15.5. The van der Waals surface area contributed by atoms with Gasteiger partial charge >= 0.3 is 0 Å². The lowest BCUT2D eigenvalue weighted by atomic mass is 9.84. The predicted octanol–water partition coefficient (Wildman–Crippen LogP) is 3.09. The van der Waals surface area contributed by atoms with Crippen molar-refractivity contribution in [2.24, 2.45) is 17.8 Å². The topological polar surface area (TPSA) is 81.9 Å². The van der Waals surface area contributed by atoms with E-state index in [2.05, 4.69) is 27.8 Å². The molecule has 2 saturated carbocycles. The highest BCUT2D eigenvalue weighted by atomic mass is 32.2. The number of nitrogens with one attached hydrogen (secondary N) is 1. The Morgan fingerprint density at radius 2 is 2.04 bits per heavy atom. The molecule has 0 spiro atoms. The molecule has 2 fully saturated rings. The van der Waals surface area contributed by atoms with Crippen LogP contribution in [0.15, 0.2) is 29.4 Å². The van der Waals surface area contributed by atoms with E-state index < -0.39 is 0 Å². The van der Waals surface area contributed by atoms with Gasteiger partial charge in [0, 0.05) is 6.04 Å². The van der Waals surface area contributed by atoms with E-state index >= 15 is 0 Å². The number of fused-ring (bicyclic) bond motifs is 2. The average Bonchev–Trinajstić information content (AvgIpc) is 3.45. The molecule has 2 aliphatic rings. The molecule has 1 amide bonds. The van der Waals surface area contributed by atoms with E-state index in [1.165, 1.54) is 37.4 Å². The highest BCUT2D eigenvalue weighted by Crippen LogP contribution is 2.49. The Morgan fingerprint density at radius 3 is 2.68 bits per heavy atom. The molecule has 1 heterocycles. The number of tetrazole rings is 1. The van der Waals surface area contributed by atoms with Gasteiger partial charge in [0.05, 0.1) is 18.0 Å². The Hall–Kier alpha value is -2.09. The van der Waals surface area contributed by atoms with Crippen molar-refractivity contribution in [3.8, 4) is 11.4 Å². The molecule has 1 aromatic heterocycles. The van der Waals surface area contributed by atoms with Gasteiger partial charge in [-0.2, -0.15) is 4.68 Å². The summed E-state index contributed by atoms with van der Waals surface area (Å²) in [7, 11) is 1.63. The van der Waals surface area contributed by atoms with Crippen LogP contribution >= 0.6 is 11.8 Å². The number of thioether (sulfide) groups is 1. The number of aromatic nitrogens is 4. The van der Waals surface area contributed by atoms with E-state index in [1.54, 1.807) is 11.8 Å². The lowest BCUT2D eigenvalue weighted by Crippen LogP contribution is -2.43. The number of hydrogen-bond acceptors (Lipinski definition) is 6. The second-order valence-corrected chi connectivity index (χ2v) is 9.28. The molecule has 2 aliphatic carbocycles. The van der Waals surface area contributed by atoms with Crippen LogP contribution in [0, 0.1) is 17.8 Å². The number of carbonyl (C=O) groups excluding carboxylic acids is 1. The Balaban J connectivity index is 1.37. The number of methoxy groups -OCH3 is 1. The summed E-state index contributed by atoms with van der Waals surface area (Å²) < 4.78 is 6.84. The van der Waals surface area contributed by atoms with Crippen LogP contribution in [0.1, 0.15) is 39.5 Å². The van der Waals surface area contributed by atoms with Crippen LogP contribution in [0.25, 0.3) is 5.69 Å². The van der Waals surface area contributed by atoms with Gasteiger partial charge in [0.1, 0.15) is 5.75 Å². The second kappa shape index (κ2) is 8.11. The summed E-state index contributed by atoms with van der Waals surface area (Å²) in [5.41, 5.74) is 0.830. The Kier molecular flexibility index (Phi) is 5.57. The first-order valence-electron chi connectivity index (χ1n) is 9.95. The molecule has 1 N–H and O–H groups in total. The van der Waals surface area contributed by atoms with Crippen LogP contribution in [0.3, 0.4) is 0 Å². The predicted molar refractivity (Wildman–Crippen MR) is 108 cm³/mol. The third kappa shape index (κ3) is 3.87. The number of carbonyl (C=O) groups is 1. The fourth-order valence-electron chi connectivity index (χ4n) is 4.70. The van der Waals surface area contributed by atoms with Crippen LogP contribution in [0.2, 0.25) is 0 Å². The van der Waals surface area contributed by atoms with Crippen LogP contribution in [-0.2, 0) is 4.79 Å². The van der Waals surface area contributed by atoms with E-state index in [-0.39, 0.29) is 17.2 Å². The largest absolute Gasteiger partial charge is 0.497 e. The molecule has 1 aromatic carbocycles. The molecule has 0 radical (unpaired) electrons. The fraction of sp³-hybridized carbons (Fsp3) is 0.600. The number of ether oxygens (including phenoxy) is 1. The van der Waals surface area contributed by atoms with Crippen LogP contribution < -0.4 is 10.1 Å². The summed E-state index contributed by atoms with van der Waals surface area (Å²) >= 11 is 1.37. The zero-order valence-electron chi connectivity index (χ0n) is 16.5. The highest BCUT2D eigenvalue weighted by molar-refractivity contribution is 8.00. The molecule has 5 atom stereocenters. The van der Waals surface area contributed by atoms with Gasteiger partial charge in [-0.3, -0.25) is 4.79 Å². The maximum absolute atomic E-state index is 12.7. The first-order chi connectivity index (χ1) is 13.5. The standard InChI is InChI=1S/C20H27N5O2S/c1-12(18-11-14-4-5-15(18)10-14)21-19(26)13(2)28-20-22-23-24-25(20)16-6-8-17(27-3)9-7-16/h6-9,12-15,18H,4-5,10-11H2,1-3H3,(H,21,26). The summed E-state index contributed by atoms with van der Waals surface area (Å²) in [6.07, 6.45) is 5.33. The van der Waals surface area contributed by atoms with Gasteiger partial charge in [-0.15, -0.1) is 5.10 Å². The van der Waals surface area contributed by atoms with Gasteiger partial charge < -0.3 is 10.1 Å². The molecule has 150 valence electrons. The van der Waals surface area contributed by atoms with Crippen molar-refractivity contribution in [2.75, 3.05) is 7.11 Å². The molecule has 2 aromatic rings. The highest BCUT2D eigenvalue weighted by Gasteiger charge is 2.42. The van der Waals surface area contributed by atoms with Crippen LogP contribution in [-0.4, -0.2) is 44.5 Å². The van der Waals surface area contributed by atoms with Gasteiger partial charge in [0.25, 0.3) is 0 Å². The molecular formula is C20H27N5O2S. The smallest absolute Gasteiger partial charge is 0.233 e. The molecular weight excluding hydrogens is 374 g/mol. The molecule has 28 heavy (non-hydrogen) atoms. The summed E-state index contributed by atoms with van der Waals surface area (Å²) in [4.78, 5) is 12.7. The maximum Gasteiger partial charge on any atom is 0.233 e. The van der Waals surface area contributed by atoms with Crippen LogP contribution in [0.5, 0.6) is 5.75 Å². The van der Waals surface area contributed by atoms with E-state index in [9.17, 15) is 4.79 Å². The number of amides is 1. The molecule has 7 nitrogen and oxygen atoms in total. The third-order valence-electron chi connectivity index (χ3n) is 6.21. The SMILES string of the molecule is COc1ccc(-n2nnnc2SC(C)C(=O)NC(C)C2CC3CCC2C3)cc1. The summed E-state index contributed by atoms with van der Waals surface area (Å²) in [6.45, 7) is 4.06. The van der Waals surface area contributed by atoms with Crippen molar-refractivity contribution >= 4 is 17.7 Å². The van der Waals surface area contributed by atoms with Crippen LogP contribution in [0.4, 0.5) is 0 Å². The van der Waals surface area contributed by atoms with Crippen molar-refractivity contribution in [2.45, 2.75) is 56.0 Å². The minimum Gasteiger partial charge on any atom is -0.497 e. The van der Waals surface area contributed by atoms with E-state index in [0.717, 1.165) is 23.3 Å². The Labute approximate surface area is 169 Å². The summed E-state index contributed by atoms with van der Waals surface area (Å²) in [5.74, 6) is 3.13. The van der Waals surface area contributed by atoms with Crippen molar-refractivity contribution < 1.29 is 9.53 Å². The van der Waals surface area contributed by atoms with E-state index in [0.29, 0.717) is 11.1 Å². The zero-order chi connectivity index (χ0) is 19.7. The molecule has 2 bridgehead atoms. The molecule has 0 aliphatic heterocycles. The van der Waals surface area contributed by atoms with E-state index in [4.69, 9.17) is 4.74 Å². The van der Waals surface area contributed by atoms with Gasteiger partial charge in [-0.1, -0.05) is 18.2 Å². The van der Waals surface area contributed by atoms with Crippen molar-refractivity contribution in [3.63, 3.8) is 0 Å². The number of hydrogen-bond donors (Lipinski definition) is 1. The zero-order valence-corrected chi connectivity index (χ0v) is 17.4. The van der Waals surface area contributed by atoms with Crippen molar-refractivity contribution in [1.29, 1.82) is 0 Å². The normalized spacial score (nSPS) is 25.5. The average molecular weight is 402 g/mol. The lowest BCUT2D eigenvalue weighted by Gasteiger charge is -2.29. The number of benzene rings is 1. The monoisotopic (exact) mass is 401 g/mol. The van der Waals surface area contributed by atoms with Gasteiger partial charge in [0.2, 0.25) is 11.1 Å². The van der Waals surface area contributed by atoms with Crippen molar-refractivity contribution in [1.82, 2.24) is 25.5 Å². The van der Waals surface area contributed by atoms with Gasteiger partial charge in [-0.25, -0.2) is 0 Å². The minimum atomic E-state index is -0.274. The first kappa shape index (κ1) is 19.2. The first-order valence-corrected chi connectivity index (χ1v) is 10.8. The fourth-order valence-corrected chi connectivity index (χ4v) is 5.52. The molecule has 4 rings (SSSR count). The number of rotatable bonds is 7. The molecule has 0 saturated heterocycles.